The maximum Gasteiger partial charge on any atom is 0.0306 e. The Balaban J connectivity index is 2.53. The van der Waals surface area contributed by atoms with Gasteiger partial charge in [0.15, 0.2) is 0 Å². The number of hydrogen-bond acceptors (Lipinski definition) is 2. The van der Waals surface area contributed by atoms with E-state index in [4.69, 9.17) is 0 Å². The molecular formula is C15H30N2. The van der Waals surface area contributed by atoms with E-state index in [0.29, 0.717) is 6.04 Å². The van der Waals surface area contributed by atoms with Gasteiger partial charge in [0.1, 0.15) is 0 Å². The van der Waals surface area contributed by atoms with Crippen LogP contribution in [0.2, 0.25) is 0 Å². The van der Waals surface area contributed by atoms with Gasteiger partial charge in [-0.15, -0.1) is 6.58 Å². The molecule has 0 aromatic rings. The fourth-order valence-electron chi connectivity index (χ4n) is 3.01. The van der Waals surface area contributed by atoms with Gasteiger partial charge in [0.2, 0.25) is 0 Å². The predicted molar refractivity (Wildman–Crippen MR) is 76.4 cm³/mol. The molecule has 1 atom stereocenters. The molecule has 0 spiro atoms. The van der Waals surface area contributed by atoms with Crippen LogP contribution in [0.3, 0.4) is 0 Å². The van der Waals surface area contributed by atoms with Crippen molar-refractivity contribution >= 4 is 0 Å². The van der Waals surface area contributed by atoms with Crippen LogP contribution in [-0.4, -0.2) is 36.6 Å². The Morgan fingerprint density at radius 2 is 1.94 bits per heavy atom. The van der Waals surface area contributed by atoms with Gasteiger partial charge in [-0.1, -0.05) is 12.5 Å². The third-order valence-corrected chi connectivity index (χ3v) is 4.27. The Kier molecular flexibility index (Phi) is 6.21. The van der Waals surface area contributed by atoms with Crippen molar-refractivity contribution in [1.82, 2.24) is 10.2 Å². The van der Waals surface area contributed by atoms with Crippen molar-refractivity contribution in [3.63, 3.8) is 0 Å². The molecule has 0 amide bonds. The highest BCUT2D eigenvalue weighted by Crippen LogP contribution is 2.26. The second-order valence-electron chi connectivity index (χ2n) is 5.76. The van der Waals surface area contributed by atoms with E-state index in [1.165, 1.54) is 45.2 Å². The van der Waals surface area contributed by atoms with Crippen LogP contribution in [0.5, 0.6) is 0 Å². The molecule has 0 bridgehead atoms. The third-order valence-electron chi connectivity index (χ3n) is 4.27. The summed E-state index contributed by atoms with van der Waals surface area (Å²) in [6.45, 7) is 11.1. The molecule has 1 aliphatic rings. The van der Waals surface area contributed by atoms with Crippen molar-refractivity contribution < 1.29 is 0 Å². The molecule has 100 valence electrons. The highest BCUT2D eigenvalue weighted by Gasteiger charge is 2.34. The number of nitrogens with one attached hydrogen (secondary N) is 1. The first-order chi connectivity index (χ1) is 8.12. The first-order valence-electron chi connectivity index (χ1n) is 7.16. The maximum atomic E-state index is 3.80. The fourth-order valence-corrected chi connectivity index (χ4v) is 3.01. The molecule has 0 radical (unpaired) electrons. The van der Waals surface area contributed by atoms with Crippen molar-refractivity contribution in [2.45, 2.75) is 64.0 Å². The quantitative estimate of drug-likeness (QED) is 0.541. The van der Waals surface area contributed by atoms with Gasteiger partial charge in [-0.25, -0.2) is 0 Å². The maximum absolute atomic E-state index is 3.80. The van der Waals surface area contributed by atoms with Crippen molar-refractivity contribution in [1.29, 1.82) is 0 Å². The van der Waals surface area contributed by atoms with E-state index in [9.17, 15) is 0 Å². The minimum absolute atomic E-state index is 0.274. The lowest BCUT2D eigenvalue weighted by molar-refractivity contribution is 0.0602. The number of hydrogen-bond donors (Lipinski definition) is 1. The predicted octanol–water partition coefficient (Wildman–Crippen LogP) is 3.20. The van der Waals surface area contributed by atoms with Gasteiger partial charge in [0, 0.05) is 11.6 Å². The zero-order valence-corrected chi connectivity index (χ0v) is 12.0. The highest BCUT2D eigenvalue weighted by atomic mass is 15.2. The van der Waals surface area contributed by atoms with Crippen LogP contribution in [0.15, 0.2) is 12.7 Å². The van der Waals surface area contributed by atoms with Crippen molar-refractivity contribution in [2.24, 2.45) is 0 Å². The van der Waals surface area contributed by atoms with Crippen LogP contribution in [0, 0.1) is 0 Å². The molecule has 0 aromatic heterocycles. The standard InChI is InChI=1S/C15H30N2/c1-5-6-8-11-14(16-4)15(2,3)17-12-9-7-10-13-17/h5,14,16H,1,6-13H2,2-4H3. The summed E-state index contributed by atoms with van der Waals surface area (Å²) < 4.78 is 0. The van der Waals surface area contributed by atoms with Crippen molar-refractivity contribution in [3.8, 4) is 0 Å². The van der Waals surface area contributed by atoms with Crippen LogP contribution < -0.4 is 5.32 Å². The molecule has 0 saturated carbocycles. The lowest BCUT2D eigenvalue weighted by atomic mass is 9.87. The summed E-state index contributed by atoms with van der Waals surface area (Å²) in [5, 5.41) is 3.52. The van der Waals surface area contributed by atoms with Crippen LogP contribution >= 0.6 is 0 Å². The fraction of sp³-hybridized carbons (Fsp3) is 0.867. The Morgan fingerprint density at radius 1 is 1.29 bits per heavy atom. The third kappa shape index (κ3) is 4.11. The number of unbranched alkanes of at least 4 members (excludes halogenated alkanes) is 1. The summed E-state index contributed by atoms with van der Waals surface area (Å²) in [4.78, 5) is 2.67. The van der Waals surface area contributed by atoms with Gasteiger partial charge in [-0.05, 0) is 66.1 Å². The first-order valence-corrected chi connectivity index (χ1v) is 7.16. The van der Waals surface area contributed by atoms with E-state index in [0.717, 1.165) is 6.42 Å². The van der Waals surface area contributed by atoms with Gasteiger partial charge in [0.05, 0.1) is 0 Å². The van der Waals surface area contributed by atoms with Gasteiger partial charge in [-0.2, -0.15) is 0 Å². The molecule has 1 aliphatic heterocycles. The van der Waals surface area contributed by atoms with Crippen LogP contribution in [0.25, 0.3) is 0 Å². The smallest absolute Gasteiger partial charge is 0.0306 e. The lowest BCUT2D eigenvalue weighted by Crippen LogP contribution is -2.58. The Bertz CT molecular complexity index is 217. The average Bonchev–Trinajstić information content (AvgIpc) is 2.35. The minimum atomic E-state index is 0.274. The Labute approximate surface area is 107 Å². The van der Waals surface area contributed by atoms with Crippen molar-refractivity contribution in [3.05, 3.63) is 12.7 Å². The van der Waals surface area contributed by atoms with E-state index in [-0.39, 0.29) is 5.54 Å². The topological polar surface area (TPSA) is 15.3 Å². The zero-order chi connectivity index (χ0) is 12.7. The normalized spacial score (nSPS) is 20.2. The number of piperidine rings is 1. The molecule has 1 unspecified atom stereocenters. The van der Waals surface area contributed by atoms with Crippen LogP contribution in [-0.2, 0) is 0 Å². The Hall–Kier alpha value is -0.340. The summed E-state index contributed by atoms with van der Waals surface area (Å²) in [7, 11) is 2.10. The number of allylic oxidation sites excluding steroid dienone is 1. The number of likely N-dealkylation sites (N-methyl/N-ethyl adjacent to an activating group) is 1. The van der Waals surface area contributed by atoms with Gasteiger partial charge < -0.3 is 5.32 Å². The van der Waals surface area contributed by atoms with E-state index >= 15 is 0 Å². The molecule has 17 heavy (non-hydrogen) atoms. The summed E-state index contributed by atoms with van der Waals surface area (Å²) in [6.07, 6.45) is 9.79. The van der Waals surface area contributed by atoms with Crippen LogP contribution in [0.1, 0.15) is 52.4 Å². The van der Waals surface area contributed by atoms with Crippen molar-refractivity contribution in [2.75, 3.05) is 20.1 Å². The molecule has 1 heterocycles. The first kappa shape index (κ1) is 14.7. The molecular weight excluding hydrogens is 208 g/mol. The molecule has 0 aromatic carbocycles. The second kappa shape index (κ2) is 7.17. The molecule has 0 aliphatic carbocycles. The van der Waals surface area contributed by atoms with Gasteiger partial charge >= 0.3 is 0 Å². The highest BCUT2D eigenvalue weighted by molar-refractivity contribution is 4.94. The summed E-state index contributed by atoms with van der Waals surface area (Å²) in [5.41, 5.74) is 0.274. The van der Waals surface area contributed by atoms with E-state index < -0.39 is 0 Å². The largest absolute Gasteiger partial charge is 0.315 e. The summed E-state index contributed by atoms with van der Waals surface area (Å²) in [5.74, 6) is 0. The van der Waals surface area contributed by atoms with E-state index in [1.54, 1.807) is 0 Å². The zero-order valence-electron chi connectivity index (χ0n) is 12.0. The van der Waals surface area contributed by atoms with Gasteiger partial charge in [-0.3, -0.25) is 4.90 Å². The molecule has 1 rings (SSSR count). The average molecular weight is 238 g/mol. The molecule has 1 N–H and O–H groups in total. The molecule has 2 heteroatoms. The number of rotatable bonds is 7. The molecule has 1 saturated heterocycles. The minimum Gasteiger partial charge on any atom is -0.315 e. The number of likely N-dealkylation sites (tertiary alicyclic amines) is 1. The van der Waals surface area contributed by atoms with E-state index in [2.05, 4.69) is 37.7 Å². The lowest BCUT2D eigenvalue weighted by Gasteiger charge is -2.46. The summed E-state index contributed by atoms with van der Waals surface area (Å²) in [6, 6.07) is 0.584. The second-order valence-corrected chi connectivity index (χ2v) is 5.76. The van der Waals surface area contributed by atoms with Crippen LogP contribution in [0.4, 0.5) is 0 Å². The SMILES string of the molecule is C=CCCCC(NC)C(C)(C)N1CCCCC1. The number of nitrogens with zero attached hydrogens (tertiary/aromatic N) is 1. The Morgan fingerprint density at radius 3 is 2.47 bits per heavy atom. The molecule has 1 fully saturated rings. The van der Waals surface area contributed by atoms with Gasteiger partial charge in [0.25, 0.3) is 0 Å². The monoisotopic (exact) mass is 238 g/mol. The van der Waals surface area contributed by atoms with E-state index in [1.807, 2.05) is 6.08 Å². The molecule has 2 nitrogen and oxygen atoms in total. The summed E-state index contributed by atoms with van der Waals surface area (Å²) >= 11 is 0.